The molecule has 3 aromatic carbocycles. The SMILES string of the molecule is N[C@@H](Cc1ccccc1)C(=O)N[C@@H](CC(=O)OCc1ccccc1)C(=O)OCc1ccccc1. The van der Waals surface area contributed by atoms with Crippen LogP contribution in [0.25, 0.3) is 0 Å². The predicted octanol–water partition coefficient (Wildman–Crippen LogP) is 2.92. The van der Waals surface area contributed by atoms with E-state index in [1.165, 1.54) is 0 Å². The number of nitrogens with two attached hydrogens (primary N) is 1. The van der Waals surface area contributed by atoms with Gasteiger partial charge in [-0.15, -0.1) is 0 Å². The maximum absolute atomic E-state index is 12.8. The Morgan fingerprint density at radius 1 is 0.706 bits per heavy atom. The second kappa shape index (κ2) is 12.9. The largest absolute Gasteiger partial charge is 0.461 e. The summed E-state index contributed by atoms with van der Waals surface area (Å²) in [6, 6.07) is 25.5. The minimum absolute atomic E-state index is 0.0151. The van der Waals surface area contributed by atoms with Gasteiger partial charge in [0, 0.05) is 0 Å². The molecule has 3 N–H and O–H groups in total. The van der Waals surface area contributed by atoms with Crippen LogP contribution in [0.4, 0.5) is 0 Å². The molecule has 0 aliphatic heterocycles. The van der Waals surface area contributed by atoms with Crippen LogP contribution in [0.1, 0.15) is 23.1 Å². The molecule has 7 heteroatoms. The van der Waals surface area contributed by atoms with E-state index in [0.717, 1.165) is 16.7 Å². The quantitative estimate of drug-likeness (QED) is 0.426. The molecule has 1 amide bonds. The number of benzene rings is 3. The summed E-state index contributed by atoms with van der Waals surface area (Å²) in [5, 5.41) is 2.56. The maximum atomic E-state index is 12.8. The van der Waals surface area contributed by atoms with Crippen molar-refractivity contribution in [2.45, 2.75) is 38.1 Å². The van der Waals surface area contributed by atoms with E-state index < -0.39 is 29.9 Å². The average Bonchev–Trinajstić information content (AvgIpc) is 2.87. The summed E-state index contributed by atoms with van der Waals surface area (Å²) >= 11 is 0. The molecule has 0 aromatic heterocycles. The summed E-state index contributed by atoms with van der Waals surface area (Å²) in [5.41, 5.74) is 8.53. The zero-order valence-corrected chi connectivity index (χ0v) is 18.8. The average molecular weight is 461 g/mol. The van der Waals surface area contributed by atoms with Crippen LogP contribution >= 0.6 is 0 Å². The normalized spacial score (nSPS) is 12.3. The molecule has 0 aliphatic rings. The van der Waals surface area contributed by atoms with Gasteiger partial charge in [0.25, 0.3) is 0 Å². The summed E-state index contributed by atoms with van der Waals surface area (Å²) in [5.74, 6) is -1.93. The number of carbonyl (C=O) groups excluding carboxylic acids is 3. The van der Waals surface area contributed by atoms with Crippen molar-refractivity contribution in [3.63, 3.8) is 0 Å². The third-order valence-corrected chi connectivity index (χ3v) is 5.07. The van der Waals surface area contributed by atoms with Gasteiger partial charge in [-0.3, -0.25) is 9.59 Å². The first-order valence-corrected chi connectivity index (χ1v) is 11.0. The lowest BCUT2D eigenvalue weighted by Crippen LogP contribution is -2.50. The number of ether oxygens (including phenoxy) is 2. The maximum Gasteiger partial charge on any atom is 0.329 e. The fourth-order valence-electron chi connectivity index (χ4n) is 3.23. The second-order valence-corrected chi connectivity index (χ2v) is 7.80. The van der Waals surface area contributed by atoms with Crippen LogP contribution in [0.5, 0.6) is 0 Å². The Morgan fingerprint density at radius 2 is 1.18 bits per heavy atom. The van der Waals surface area contributed by atoms with E-state index in [2.05, 4.69) is 5.32 Å². The summed E-state index contributed by atoms with van der Waals surface area (Å²) in [7, 11) is 0. The molecule has 3 aromatic rings. The van der Waals surface area contributed by atoms with Crippen molar-refractivity contribution >= 4 is 17.8 Å². The van der Waals surface area contributed by atoms with Gasteiger partial charge in [0.2, 0.25) is 5.91 Å². The summed E-state index contributed by atoms with van der Waals surface area (Å²) < 4.78 is 10.6. The number of hydrogen-bond donors (Lipinski definition) is 2. The highest BCUT2D eigenvalue weighted by atomic mass is 16.5. The predicted molar refractivity (Wildman–Crippen MR) is 127 cm³/mol. The molecule has 0 bridgehead atoms. The highest BCUT2D eigenvalue weighted by Crippen LogP contribution is 2.08. The second-order valence-electron chi connectivity index (χ2n) is 7.80. The smallest absolute Gasteiger partial charge is 0.329 e. The molecular formula is C27H28N2O5. The Morgan fingerprint density at radius 3 is 1.71 bits per heavy atom. The van der Waals surface area contributed by atoms with Crippen molar-refractivity contribution in [2.75, 3.05) is 0 Å². The lowest BCUT2D eigenvalue weighted by molar-refractivity contribution is -0.155. The Kier molecular flexibility index (Phi) is 9.37. The molecule has 0 fully saturated rings. The molecule has 0 radical (unpaired) electrons. The van der Waals surface area contributed by atoms with Crippen LogP contribution < -0.4 is 11.1 Å². The molecule has 0 unspecified atom stereocenters. The van der Waals surface area contributed by atoms with Crippen LogP contribution in [0.3, 0.4) is 0 Å². The van der Waals surface area contributed by atoms with Crippen molar-refractivity contribution in [1.29, 1.82) is 0 Å². The number of nitrogens with one attached hydrogen (secondary N) is 1. The van der Waals surface area contributed by atoms with Gasteiger partial charge in [0.15, 0.2) is 0 Å². The summed E-state index contributed by atoms with van der Waals surface area (Å²) in [6.45, 7) is 0.0775. The highest BCUT2D eigenvalue weighted by molar-refractivity contribution is 5.90. The first-order valence-electron chi connectivity index (χ1n) is 11.0. The Balaban J connectivity index is 1.61. The Labute approximate surface area is 198 Å². The molecule has 0 saturated carbocycles. The molecule has 0 saturated heterocycles. The third kappa shape index (κ3) is 8.18. The van der Waals surface area contributed by atoms with Crippen molar-refractivity contribution in [2.24, 2.45) is 5.73 Å². The molecule has 176 valence electrons. The van der Waals surface area contributed by atoms with E-state index in [-0.39, 0.29) is 26.1 Å². The number of hydrogen-bond acceptors (Lipinski definition) is 6. The third-order valence-electron chi connectivity index (χ3n) is 5.07. The summed E-state index contributed by atoms with van der Waals surface area (Å²) in [6.07, 6.45) is -0.0822. The molecule has 3 rings (SSSR count). The van der Waals surface area contributed by atoms with Crippen molar-refractivity contribution in [3.05, 3.63) is 108 Å². The van der Waals surface area contributed by atoms with E-state index in [0.29, 0.717) is 0 Å². The topological polar surface area (TPSA) is 108 Å². The fourth-order valence-corrected chi connectivity index (χ4v) is 3.23. The monoisotopic (exact) mass is 460 g/mol. The first kappa shape index (κ1) is 24.7. The van der Waals surface area contributed by atoms with Crippen LogP contribution in [0, 0.1) is 0 Å². The van der Waals surface area contributed by atoms with Crippen LogP contribution in [0.2, 0.25) is 0 Å². The van der Waals surface area contributed by atoms with E-state index >= 15 is 0 Å². The number of carbonyl (C=O) groups is 3. The van der Waals surface area contributed by atoms with Crippen molar-refractivity contribution < 1.29 is 23.9 Å². The summed E-state index contributed by atoms with van der Waals surface area (Å²) in [4.78, 5) is 37.9. The van der Waals surface area contributed by atoms with Crippen LogP contribution in [-0.4, -0.2) is 29.9 Å². The van der Waals surface area contributed by atoms with Gasteiger partial charge in [-0.05, 0) is 23.1 Å². The molecule has 7 nitrogen and oxygen atoms in total. The van der Waals surface area contributed by atoms with Gasteiger partial charge < -0.3 is 20.5 Å². The lowest BCUT2D eigenvalue weighted by Gasteiger charge is -2.20. The van der Waals surface area contributed by atoms with E-state index in [9.17, 15) is 14.4 Å². The fraction of sp³-hybridized carbons (Fsp3) is 0.222. The molecule has 0 spiro atoms. The minimum Gasteiger partial charge on any atom is -0.461 e. The zero-order valence-electron chi connectivity index (χ0n) is 18.8. The molecule has 0 aliphatic carbocycles. The van der Waals surface area contributed by atoms with E-state index in [1.54, 1.807) is 0 Å². The Bertz CT molecular complexity index is 1060. The van der Waals surface area contributed by atoms with Gasteiger partial charge in [-0.2, -0.15) is 0 Å². The van der Waals surface area contributed by atoms with Gasteiger partial charge >= 0.3 is 11.9 Å². The minimum atomic E-state index is -1.22. The zero-order chi connectivity index (χ0) is 24.2. The molecule has 2 atom stereocenters. The van der Waals surface area contributed by atoms with Crippen molar-refractivity contribution in [3.8, 4) is 0 Å². The van der Waals surface area contributed by atoms with Gasteiger partial charge in [-0.1, -0.05) is 91.0 Å². The molecule has 0 heterocycles. The highest BCUT2D eigenvalue weighted by Gasteiger charge is 2.28. The van der Waals surface area contributed by atoms with Gasteiger partial charge in [0.1, 0.15) is 19.3 Å². The van der Waals surface area contributed by atoms with Crippen molar-refractivity contribution in [1.82, 2.24) is 5.32 Å². The lowest BCUT2D eigenvalue weighted by atomic mass is 10.1. The van der Waals surface area contributed by atoms with E-state index in [4.69, 9.17) is 15.2 Å². The van der Waals surface area contributed by atoms with Crippen LogP contribution in [0.15, 0.2) is 91.0 Å². The van der Waals surface area contributed by atoms with E-state index in [1.807, 2.05) is 91.0 Å². The number of esters is 2. The molecular weight excluding hydrogens is 432 g/mol. The van der Waals surface area contributed by atoms with Gasteiger partial charge in [0.05, 0.1) is 12.5 Å². The molecule has 34 heavy (non-hydrogen) atoms. The number of rotatable bonds is 11. The standard InChI is InChI=1S/C27H28N2O5/c28-23(16-20-10-4-1-5-11-20)26(31)29-24(27(32)34-19-22-14-8-3-9-15-22)17-25(30)33-18-21-12-6-2-7-13-21/h1-15,23-24H,16-19,28H2,(H,29,31)/t23-,24-/m0/s1. The Hall–Kier alpha value is -3.97. The number of amides is 1. The van der Waals surface area contributed by atoms with Crippen LogP contribution in [-0.2, 0) is 43.5 Å². The van der Waals surface area contributed by atoms with Gasteiger partial charge in [-0.25, -0.2) is 4.79 Å². The first-order chi connectivity index (χ1) is 16.5.